The Morgan fingerprint density at radius 3 is 2.76 bits per heavy atom. The number of guanidine groups is 1. The summed E-state index contributed by atoms with van der Waals surface area (Å²) < 4.78 is 1.16. The van der Waals surface area contributed by atoms with Crippen LogP contribution in [0.1, 0.15) is 4.88 Å². The molecule has 0 fully saturated rings. The summed E-state index contributed by atoms with van der Waals surface area (Å²) in [6.07, 6.45) is 2.10. The van der Waals surface area contributed by atoms with Gasteiger partial charge in [-0.15, -0.1) is 35.3 Å². The third-order valence-corrected chi connectivity index (χ3v) is 4.12. The monoisotopic (exact) mass is 449 g/mol. The van der Waals surface area contributed by atoms with Crippen LogP contribution in [0.2, 0.25) is 0 Å². The van der Waals surface area contributed by atoms with Gasteiger partial charge in [0.15, 0.2) is 5.96 Å². The van der Waals surface area contributed by atoms with E-state index in [4.69, 9.17) is 0 Å². The SMILES string of the molecule is CN=C(NCCSC)NCc1ccc(Br)s1.I. The standard InChI is InChI=1S/C10H16BrN3S2.HI/c1-12-10(13-5-6-15-2)14-7-8-3-4-9(11)16-8;/h3-4H,5-7H2,1-2H3,(H2,12,13,14);1H. The number of aliphatic imine (C=N–C) groups is 1. The van der Waals surface area contributed by atoms with E-state index in [1.165, 1.54) is 4.88 Å². The van der Waals surface area contributed by atoms with Gasteiger partial charge in [0, 0.05) is 24.2 Å². The maximum Gasteiger partial charge on any atom is 0.191 e. The number of halogens is 2. The highest BCUT2D eigenvalue weighted by atomic mass is 127. The van der Waals surface area contributed by atoms with Crippen LogP contribution in [0.3, 0.4) is 0 Å². The van der Waals surface area contributed by atoms with Gasteiger partial charge < -0.3 is 10.6 Å². The predicted octanol–water partition coefficient (Wildman–Crippen LogP) is 3.16. The summed E-state index contributed by atoms with van der Waals surface area (Å²) in [6, 6.07) is 4.17. The average molecular weight is 450 g/mol. The molecule has 0 saturated heterocycles. The maximum absolute atomic E-state index is 4.16. The zero-order chi connectivity index (χ0) is 11.8. The minimum Gasteiger partial charge on any atom is -0.356 e. The van der Waals surface area contributed by atoms with Gasteiger partial charge in [-0.05, 0) is 34.3 Å². The van der Waals surface area contributed by atoms with Crippen molar-refractivity contribution in [1.82, 2.24) is 10.6 Å². The molecular weight excluding hydrogens is 433 g/mol. The van der Waals surface area contributed by atoms with Crippen LogP contribution >= 0.6 is 63.0 Å². The number of hydrogen-bond acceptors (Lipinski definition) is 3. The molecule has 98 valence electrons. The summed E-state index contributed by atoms with van der Waals surface area (Å²) in [5.41, 5.74) is 0. The second-order valence-electron chi connectivity index (χ2n) is 3.05. The van der Waals surface area contributed by atoms with Gasteiger partial charge in [-0.2, -0.15) is 11.8 Å². The minimum absolute atomic E-state index is 0. The van der Waals surface area contributed by atoms with Crippen molar-refractivity contribution in [2.45, 2.75) is 6.54 Å². The molecule has 0 amide bonds. The van der Waals surface area contributed by atoms with Gasteiger partial charge in [-0.3, -0.25) is 4.99 Å². The van der Waals surface area contributed by atoms with Gasteiger partial charge in [-0.1, -0.05) is 0 Å². The van der Waals surface area contributed by atoms with Crippen LogP contribution in [0.4, 0.5) is 0 Å². The zero-order valence-electron chi connectivity index (χ0n) is 9.83. The topological polar surface area (TPSA) is 36.4 Å². The van der Waals surface area contributed by atoms with E-state index in [2.05, 4.69) is 49.9 Å². The number of thioether (sulfide) groups is 1. The fourth-order valence-corrected chi connectivity index (χ4v) is 2.84. The summed E-state index contributed by atoms with van der Waals surface area (Å²) in [7, 11) is 1.79. The Hall–Kier alpha value is 0.530. The van der Waals surface area contributed by atoms with E-state index in [0.29, 0.717) is 0 Å². The lowest BCUT2D eigenvalue weighted by Gasteiger charge is -2.10. The van der Waals surface area contributed by atoms with E-state index < -0.39 is 0 Å². The molecule has 1 heterocycles. The first-order chi connectivity index (χ1) is 7.76. The molecule has 17 heavy (non-hydrogen) atoms. The molecule has 1 aromatic heterocycles. The molecule has 0 aliphatic carbocycles. The van der Waals surface area contributed by atoms with Crippen molar-refractivity contribution >= 4 is 69.0 Å². The third kappa shape index (κ3) is 7.53. The second kappa shape index (κ2) is 10.5. The Balaban J connectivity index is 0.00000256. The van der Waals surface area contributed by atoms with E-state index >= 15 is 0 Å². The Morgan fingerprint density at radius 2 is 2.24 bits per heavy atom. The van der Waals surface area contributed by atoms with Gasteiger partial charge in [0.2, 0.25) is 0 Å². The largest absolute Gasteiger partial charge is 0.356 e. The Labute approximate surface area is 136 Å². The first-order valence-electron chi connectivity index (χ1n) is 4.94. The Bertz CT molecular complexity index is 344. The molecule has 0 saturated carbocycles. The van der Waals surface area contributed by atoms with Gasteiger partial charge in [0.05, 0.1) is 10.3 Å². The molecule has 0 aliphatic heterocycles. The van der Waals surface area contributed by atoms with Crippen LogP contribution in [0.15, 0.2) is 20.9 Å². The molecule has 1 aromatic rings. The van der Waals surface area contributed by atoms with Crippen molar-refractivity contribution in [2.24, 2.45) is 4.99 Å². The smallest absolute Gasteiger partial charge is 0.191 e. The fourth-order valence-electron chi connectivity index (χ4n) is 1.11. The molecule has 0 spiro atoms. The number of nitrogens with zero attached hydrogens (tertiary/aromatic N) is 1. The van der Waals surface area contributed by atoms with Crippen molar-refractivity contribution < 1.29 is 0 Å². The first kappa shape index (κ1) is 17.5. The van der Waals surface area contributed by atoms with Gasteiger partial charge in [0.25, 0.3) is 0 Å². The summed E-state index contributed by atoms with van der Waals surface area (Å²) in [6.45, 7) is 1.75. The molecule has 0 bridgehead atoms. The van der Waals surface area contributed by atoms with Crippen molar-refractivity contribution in [3.05, 3.63) is 20.8 Å². The normalized spacial score (nSPS) is 10.9. The van der Waals surface area contributed by atoms with Gasteiger partial charge in [-0.25, -0.2) is 0 Å². The Kier molecular flexibility index (Phi) is 10.8. The van der Waals surface area contributed by atoms with Crippen LogP contribution in [-0.4, -0.2) is 31.6 Å². The first-order valence-corrected chi connectivity index (χ1v) is 7.94. The van der Waals surface area contributed by atoms with Crippen molar-refractivity contribution in [1.29, 1.82) is 0 Å². The highest BCUT2D eigenvalue weighted by Crippen LogP contribution is 2.21. The van der Waals surface area contributed by atoms with Crippen LogP contribution < -0.4 is 10.6 Å². The Morgan fingerprint density at radius 1 is 1.47 bits per heavy atom. The number of nitrogens with one attached hydrogen (secondary N) is 2. The molecule has 1 rings (SSSR count). The minimum atomic E-state index is 0. The second-order valence-corrected chi connectivity index (χ2v) is 6.58. The van der Waals surface area contributed by atoms with E-state index in [9.17, 15) is 0 Å². The van der Waals surface area contributed by atoms with Crippen LogP contribution in [0.25, 0.3) is 0 Å². The maximum atomic E-state index is 4.16. The van der Waals surface area contributed by atoms with Crippen molar-refractivity contribution in [2.75, 3.05) is 25.6 Å². The summed E-state index contributed by atoms with van der Waals surface area (Å²) in [5, 5.41) is 6.54. The zero-order valence-corrected chi connectivity index (χ0v) is 15.4. The molecule has 2 N–H and O–H groups in total. The third-order valence-electron chi connectivity index (χ3n) is 1.88. The van der Waals surface area contributed by atoms with E-state index in [1.807, 2.05) is 11.8 Å². The predicted molar refractivity (Wildman–Crippen MR) is 94.0 cm³/mol. The lowest BCUT2D eigenvalue weighted by atomic mass is 10.5. The lowest BCUT2D eigenvalue weighted by Crippen LogP contribution is -2.37. The van der Waals surface area contributed by atoms with Crippen LogP contribution in [-0.2, 0) is 6.54 Å². The van der Waals surface area contributed by atoms with Gasteiger partial charge in [0.1, 0.15) is 0 Å². The molecule has 3 nitrogen and oxygen atoms in total. The summed E-state index contributed by atoms with van der Waals surface area (Å²) in [5.74, 6) is 1.95. The molecule has 7 heteroatoms. The van der Waals surface area contributed by atoms with Crippen molar-refractivity contribution in [3.8, 4) is 0 Å². The molecule has 0 aromatic carbocycles. The fraction of sp³-hybridized carbons (Fsp3) is 0.500. The van der Waals surface area contributed by atoms with E-state index in [1.54, 1.807) is 18.4 Å². The molecule has 0 atom stereocenters. The molecule has 0 aliphatic rings. The molecule has 0 unspecified atom stereocenters. The van der Waals surface area contributed by atoms with E-state index in [-0.39, 0.29) is 24.0 Å². The summed E-state index contributed by atoms with van der Waals surface area (Å²) >= 11 is 7.01. The van der Waals surface area contributed by atoms with Crippen LogP contribution in [0.5, 0.6) is 0 Å². The highest BCUT2D eigenvalue weighted by Gasteiger charge is 1.99. The number of hydrogen-bond donors (Lipinski definition) is 2. The molecule has 0 radical (unpaired) electrons. The number of thiophene rings is 1. The number of rotatable bonds is 5. The van der Waals surface area contributed by atoms with Crippen molar-refractivity contribution in [3.63, 3.8) is 0 Å². The van der Waals surface area contributed by atoms with Gasteiger partial charge >= 0.3 is 0 Å². The highest BCUT2D eigenvalue weighted by molar-refractivity contribution is 14.0. The van der Waals surface area contributed by atoms with E-state index in [0.717, 1.165) is 28.6 Å². The van der Waals surface area contributed by atoms with Crippen LogP contribution in [0, 0.1) is 0 Å². The molecular formula is C10H17BrIN3S2. The summed E-state index contributed by atoms with van der Waals surface area (Å²) in [4.78, 5) is 5.45. The average Bonchev–Trinajstić information content (AvgIpc) is 2.69. The lowest BCUT2D eigenvalue weighted by molar-refractivity contribution is 0.842. The quantitative estimate of drug-likeness (QED) is 0.313.